The lowest BCUT2D eigenvalue weighted by Crippen LogP contribution is -2.20. The predicted octanol–water partition coefficient (Wildman–Crippen LogP) is 4.46. The van der Waals surface area contributed by atoms with E-state index in [1.807, 2.05) is 37.3 Å². The molecule has 0 aliphatic rings. The Kier molecular flexibility index (Phi) is 6.09. The second-order valence-electron chi connectivity index (χ2n) is 5.79. The van der Waals surface area contributed by atoms with Crippen molar-refractivity contribution in [3.05, 3.63) is 88.7 Å². The van der Waals surface area contributed by atoms with E-state index in [1.165, 1.54) is 0 Å². The first kappa shape index (κ1) is 18.5. The molecule has 0 bridgehead atoms. The van der Waals surface area contributed by atoms with Crippen LogP contribution in [0.15, 0.2) is 66.9 Å². The number of carbonyl (C=O) groups excluding carboxylic acids is 1. The monoisotopic (exact) mass is 376 g/mol. The number of aromatic nitrogens is 1. The molecule has 3 aromatic rings. The molecule has 134 valence electrons. The summed E-state index contributed by atoms with van der Waals surface area (Å²) in [7, 11) is 0. The molecule has 0 atom stereocenters. The molecule has 2 aromatic carbocycles. The second kappa shape index (κ2) is 8.88. The highest BCUT2D eigenvalue weighted by atomic mass is 35.5. The van der Waals surface area contributed by atoms with Gasteiger partial charge in [-0.25, -0.2) is 4.98 Å². The minimum Gasteiger partial charge on any atom is -0.483 e. The highest BCUT2D eigenvalue weighted by Crippen LogP contribution is 2.21. The van der Waals surface area contributed by atoms with Gasteiger partial charge in [-0.3, -0.25) is 4.79 Å². The van der Waals surface area contributed by atoms with E-state index < -0.39 is 0 Å². The maximum atomic E-state index is 12.1. The molecule has 5 heteroatoms. The molecule has 0 fully saturated rings. The van der Waals surface area contributed by atoms with E-state index >= 15 is 0 Å². The molecule has 0 unspecified atom stereocenters. The van der Waals surface area contributed by atoms with Crippen LogP contribution in [-0.4, -0.2) is 17.5 Å². The first-order valence-electron chi connectivity index (χ1n) is 8.32. The first-order valence-corrected chi connectivity index (χ1v) is 8.70. The number of nitrogens with one attached hydrogen (secondary N) is 1. The Morgan fingerprint density at radius 2 is 2.00 bits per heavy atom. The Hall–Kier alpha value is -3.29. The molecule has 0 saturated carbocycles. The van der Waals surface area contributed by atoms with Crippen LogP contribution in [0.1, 0.15) is 16.8 Å². The van der Waals surface area contributed by atoms with Crippen LogP contribution in [-0.2, 0) is 4.79 Å². The highest BCUT2D eigenvalue weighted by molar-refractivity contribution is 6.30. The fourth-order valence-corrected chi connectivity index (χ4v) is 2.59. The number of anilines is 1. The van der Waals surface area contributed by atoms with Gasteiger partial charge in [0.25, 0.3) is 5.91 Å². The molecule has 0 saturated heterocycles. The fourth-order valence-electron chi connectivity index (χ4n) is 2.36. The topological polar surface area (TPSA) is 51.2 Å². The summed E-state index contributed by atoms with van der Waals surface area (Å²) in [6.45, 7) is 1.79. The number of ether oxygens (including phenoxy) is 1. The number of pyridine rings is 1. The quantitative estimate of drug-likeness (QED) is 0.684. The smallest absolute Gasteiger partial charge is 0.262 e. The van der Waals surface area contributed by atoms with Gasteiger partial charge in [0.2, 0.25) is 0 Å². The molecule has 1 aromatic heterocycles. The maximum Gasteiger partial charge on any atom is 0.262 e. The van der Waals surface area contributed by atoms with Crippen LogP contribution < -0.4 is 10.1 Å². The third-order valence-electron chi connectivity index (χ3n) is 3.64. The lowest BCUT2D eigenvalue weighted by atomic mass is 10.2. The van der Waals surface area contributed by atoms with Crippen LogP contribution >= 0.6 is 11.6 Å². The van der Waals surface area contributed by atoms with E-state index in [2.05, 4.69) is 22.1 Å². The average molecular weight is 377 g/mol. The van der Waals surface area contributed by atoms with Gasteiger partial charge < -0.3 is 10.1 Å². The van der Waals surface area contributed by atoms with Crippen LogP contribution in [0.2, 0.25) is 5.02 Å². The van der Waals surface area contributed by atoms with Gasteiger partial charge in [0, 0.05) is 22.5 Å². The van der Waals surface area contributed by atoms with Gasteiger partial charge in [0.1, 0.15) is 11.4 Å². The summed E-state index contributed by atoms with van der Waals surface area (Å²) in [6.07, 6.45) is 1.70. The van der Waals surface area contributed by atoms with E-state index in [4.69, 9.17) is 16.3 Å². The molecular weight excluding hydrogens is 360 g/mol. The zero-order chi connectivity index (χ0) is 19.1. The van der Waals surface area contributed by atoms with E-state index in [9.17, 15) is 4.79 Å². The van der Waals surface area contributed by atoms with Crippen LogP contribution in [0.3, 0.4) is 0 Å². The lowest BCUT2D eigenvalue weighted by molar-refractivity contribution is -0.118. The van der Waals surface area contributed by atoms with Gasteiger partial charge in [-0.05, 0) is 66.9 Å². The van der Waals surface area contributed by atoms with Crippen LogP contribution in [0.25, 0.3) is 0 Å². The lowest BCUT2D eigenvalue weighted by Gasteiger charge is -2.10. The predicted molar refractivity (Wildman–Crippen MR) is 107 cm³/mol. The van der Waals surface area contributed by atoms with Gasteiger partial charge in [-0.1, -0.05) is 29.7 Å². The number of amides is 1. The van der Waals surface area contributed by atoms with Crippen molar-refractivity contribution in [2.75, 3.05) is 11.9 Å². The van der Waals surface area contributed by atoms with E-state index in [0.717, 1.165) is 11.1 Å². The molecule has 0 aliphatic heterocycles. The molecule has 4 nitrogen and oxygen atoms in total. The van der Waals surface area contributed by atoms with Crippen molar-refractivity contribution in [2.45, 2.75) is 6.92 Å². The van der Waals surface area contributed by atoms with Crippen LogP contribution in [0.5, 0.6) is 5.75 Å². The maximum absolute atomic E-state index is 12.1. The van der Waals surface area contributed by atoms with Crippen molar-refractivity contribution in [3.8, 4) is 17.6 Å². The van der Waals surface area contributed by atoms with E-state index in [1.54, 1.807) is 36.5 Å². The Morgan fingerprint density at radius 1 is 1.11 bits per heavy atom. The second-order valence-corrected chi connectivity index (χ2v) is 6.23. The van der Waals surface area contributed by atoms with Gasteiger partial charge in [-0.2, -0.15) is 0 Å². The minimum atomic E-state index is -0.251. The normalized spacial score (nSPS) is 9.85. The molecule has 1 N–H and O–H groups in total. The number of halogens is 1. The summed E-state index contributed by atoms with van der Waals surface area (Å²) in [5, 5.41) is 3.44. The Labute approximate surface area is 163 Å². The average Bonchev–Trinajstić information content (AvgIpc) is 2.67. The van der Waals surface area contributed by atoms with Crippen molar-refractivity contribution < 1.29 is 9.53 Å². The third kappa shape index (κ3) is 5.60. The fraction of sp³-hybridized carbons (Fsp3) is 0.0909. The number of benzene rings is 2. The molecule has 0 aliphatic carbocycles. The Bertz CT molecular complexity index is 1010. The zero-order valence-corrected chi connectivity index (χ0v) is 15.5. The summed E-state index contributed by atoms with van der Waals surface area (Å²) in [5.41, 5.74) is 3.01. The molecule has 0 radical (unpaired) electrons. The van der Waals surface area contributed by atoms with Crippen LogP contribution in [0, 0.1) is 18.8 Å². The molecule has 0 spiro atoms. The Balaban J connectivity index is 1.60. The van der Waals surface area contributed by atoms with Gasteiger partial charge in [-0.15, -0.1) is 0 Å². The van der Waals surface area contributed by atoms with Crippen molar-refractivity contribution in [2.24, 2.45) is 0 Å². The number of hydrogen-bond donors (Lipinski definition) is 1. The molecule has 3 rings (SSSR count). The number of nitrogens with zero attached hydrogens (tertiary/aromatic N) is 1. The van der Waals surface area contributed by atoms with Crippen molar-refractivity contribution in [3.63, 3.8) is 0 Å². The highest BCUT2D eigenvalue weighted by Gasteiger charge is 2.06. The van der Waals surface area contributed by atoms with Gasteiger partial charge >= 0.3 is 0 Å². The minimum absolute atomic E-state index is 0.0910. The third-order valence-corrected chi connectivity index (χ3v) is 3.88. The number of rotatable bonds is 4. The summed E-state index contributed by atoms with van der Waals surface area (Å²) < 4.78 is 5.55. The Morgan fingerprint density at radius 3 is 2.78 bits per heavy atom. The van der Waals surface area contributed by atoms with E-state index in [0.29, 0.717) is 22.2 Å². The van der Waals surface area contributed by atoms with Crippen molar-refractivity contribution in [1.82, 2.24) is 4.98 Å². The summed E-state index contributed by atoms with van der Waals surface area (Å²) in [4.78, 5) is 16.3. The molecule has 1 amide bonds. The number of hydrogen-bond acceptors (Lipinski definition) is 3. The standard InChI is InChI=1S/C22H17ClN2O2/c1-16-13-18(23)9-11-21(16)27-15-22(26)25-20-7-4-5-17(14-20)8-10-19-6-2-3-12-24-19/h2-7,9,11-14H,15H2,1H3,(H,25,26). The van der Waals surface area contributed by atoms with Crippen LogP contribution in [0.4, 0.5) is 5.69 Å². The van der Waals surface area contributed by atoms with Gasteiger partial charge in [0.05, 0.1) is 0 Å². The summed E-state index contributed by atoms with van der Waals surface area (Å²) in [5.74, 6) is 6.41. The molecule has 1 heterocycles. The number of aryl methyl sites for hydroxylation is 1. The zero-order valence-electron chi connectivity index (χ0n) is 14.7. The largest absolute Gasteiger partial charge is 0.483 e. The summed E-state index contributed by atoms with van der Waals surface area (Å²) in [6, 6.07) is 18.2. The first-order chi connectivity index (χ1) is 13.1. The number of carbonyl (C=O) groups is 1. The molecule has 27 heavy (non-hydrogen) atoms. The van der Waals surface area contributed by atoms with Crippen molar-refractivity contribution >= 4 is 23.2 Å². The van der Waals surface area contributed by atoms with Gasteiger partial charge in [0.15, 0.2) is 6.61 Å². The van der Waals surface area contributed by atoms with Crippen molar-refractivity contribution in [1.29, 1.82) is 0 Å². The SMILES string of the molecule is Cc1cc(Cl)ccc1OCC(=O)Nc1cccc(C#Cc2ccccn2)c1. The molecular formula is C22H17ClN2O2. The van der Waals surface area contributed by atoms with E-state index in [-0.39, 0.29) is 12.5 Å². The summed E-state index contributed by atoms with van der Waals surface area (Å²) >= 11 is 5.92.